The van der Waals surface area contributed by atoms with Gasteiger partial charge in [-0.05, 0) is 6.07 Å². The summed E-state index contributed by atoms with van der Waals surface area (Å²) in [6.07, 6.45) is 2.45. The summed E-state index contributed by atoms with van der Waals surface area (Å²) in [7, 11) is -2.20. The van der Waals surface area contributed by atoms with Gasteiger partial charge in [0.2, 0.25) is 0 Å². The van der Waals surface area contributed by atoms with E-state index in [0.717, 1.165) is 11.1 Å². The lowest BCUT2D eigenvalue weighted by atomic mass is 10.1. The molecule has 0 saturated heterocycles. The second-order valence-electron chi connectivity index (χ2n) is 3.78. The largest absolute Gasteiger partial charge is 0.398 e. The molecule has 0 aliphatic carbocycles. The van der Waals surface area contributed by atoms with Gasteiger partial charge in [0, 0.05) is 5.56 Å². The van der Waals surface area contributed by atoms with Crippen molar-refractivity contribution < 1.29 is 17.4 Å². The van der Waals surface area contributed by atoms with Crippen LogP contribution in [-0.4, -0.2) is 31.7 Å². The van der Waals surface area contributed by atoms with Crippen LogP contribution in [-0.2, 0) is 10.1 Å². The number of aromatic nitrogens is 2. The topological polar surface area (TPSA) is 96.4 Å². The molecule has 1 aromatic carbocycles. The third kappa shape index (κ3) is 2.79. The Bertz CT molecular complexity index is 694. The van der Waals surface area contributed by atoms with E-state index in [9.17, 15) is 8.42 Å². The Morgan fingerprint density at radius 3 is 2.53 bits per heavy atom. The van der Waals surface area contributed by atoms with Crippen molar-refractivity contribution in [2.45, 2.75) is 0 Å². The van der Waals surface area contributed by atoms with E-state index in [0.29, 0.717) is 11.1 Å². The fraction of sp³-hybridized carbons (Fsp3) is 0.182. The molecule has 0 saturated carbocycles. The fourth-order valence-electron chi connectivity index (χ4n) is 1.62. The highest BCUT2D eigenvalue weighted by Gasteiger charge is 2.16. The van der Waals surface area contributed by atoms with Gasteiger partial charge in [-0.2, -0.15) is 8.42 Å². The highest BCUT2D eigenvalue weighted by Crippen LogP contribution is 2.33. The first kappa shape index (κ1) is 13.2. The highest BCUT2D eigenvalue weighted by molar-refractivity contribution is 7.86. The molecule has 0 atom stereocenters. The van der Waals surface area contributed by atoms with Crippen LogP contribution in [0.15, 0.2) is 30.5 Å². The molecule has 1 aromatic heterocycles. The van der Waals surface area contributed by atoms with E-state index in [1.54, 1.807) is 24.3 Å². The maximum absolute atomic E-state index is 11.2. The van der Waals surface area contributed by atoms with Crippen molar-refractivity contribution in [3.63, 3.8) is 0 Å². The van der Waals surface area contributed by atoms with Crippen LogP contribution < -0.4 is 14.8 Å². The normalized spacial score (nSPS) is 11.3. The van der Waals surface area contributed by atoms with Crippen LogP contribution in [0.4, 0.5) is 5.82 Å². The minimum atomic E-state index is -3.62. The third-order valence-electron chi connectivity index (χ3n) is 2.37. The van der Waals surface area contributed by atoms with Crippen molar-refractivity contribution in [2.24, 2.45) is 0 Å². The number of hydrogen-bond donors (Lipinski definition) is 1. The zero-order chi connectivity index (χ0) is 14.0. The zero-order valence-corrected chi connectivity index (χ0v) is 11.2. The van der Waals surface area contributed by atoms with Crippen LogP contribution in [0.3, 0.4) is 0 Å². The first-order valence-corrected chi connectivity index (χ1v) is 7.11. The van der Waals surface area contributed by atoms with Crippen molar-refractivity contribution in [2.75, 3.05) is 19.1 Å². The van der Waals surface area contributed by atoms with Gasteiger partial charge in [0.25, 0.3) is 0 Å². The summed E-state index contributed by atoms with van der Waals surface area (Å²) in [6, 6.07) is 6.64. The van der Waals surface area contributed by atoms with E-state index in [-0.39, 0.29) is 11.6 Å². The van der Waals surface area contributed by atoms with Crippen LogP contribution in [0.25, 0.3) is 11.1 Å². The maximum Gasteiger partial charge on any atom is 0.306 e. The second-order valence-corrected chi connectivity index (χ2v) is 5.36. The van der Waals surface area contributed by atoms with Crippen LogP contribution in [0.1, 0.15) is 0 Å². The first-order chi connectivity index (χ1) is 8.92. The lowest BCUT2D eigenvalue weighted by Gasteiger charge is -2.08. The minimum Gasteiger partial charge on any atom is -0.398 e. The summed E-state index contributed by atoms with van der Waals surface area (Å²) < 4.78 is 27.4. The number of benzene rings is 1. The van der Waals surface area contributed by atoms with Crippen LogP contribution in [0, 0.1) is 0 Å². The Morgan fingerprint density at radius 2 is 1.95 bits per heavy atom. The summed E-state index contributed by atoms with van der Waals surface area (Å²) in [5.74, 6) is 0.444. The monoisotopic (exact) mass is 283 g/mol. The van der Waals surface area contributed by atoms with Gasteiger partial charge in [-0.3, -0.25) is 0 Å². The predicted molar refractivity (Wildman–Crippen MR) is 70.1 cm³/mol. The number of para-hydroxylation sites is 1. The lowest BCUT2D eigenvalue weighted by Crippen LogP contribution is -2.11. The molecule has 1 heterocycles. The Labute approximate surface area is 110 Å². The Hall–Kier alpha value is -2.22. The van der Waals surface area contributed by atoms with E-state index in [4.69, 9.17) is 14.8 Å². The van der Waals surface area contributed by atoms with Gasteiger partial charge in [-0.25, -0.2) is 0 Å². The van der Waals surface area contributed by atoms with Crippen LogP contribution >= 0.6 is 0 Å². The van der Waals surface area contributed by atoms with Gasteiger partial charge in [-0.15, -0.1) is 5.10 Å². The molecule has 0 unspecified atom stereocenters. The number of nitrogen functional groups attached to an aromatic ring is 1. The van der Waals surface area contributed by atoms with Crippen molar-refractivity contribution in [3.05, 3.63) is 30.5 Å². The highest BCUT2D eigenvalue weighted by atomic mass is 32.2. The smallest absolute Gasteiger partial charge is 0.306 e. The van der Waals surface area contributed by atoms with Crippen molar-refractivity contribution in [3.8, 4) is 16.9 Å². The SMILES string of the molecule is COn1ncc(-c2ccccc2OS(C)(=O)=O)c1N. The van der Waals surface area contributed by atoms with Gasteiger partial charge in [0.1, 0.15) is 7.11 Å². The summed E-state index contributed by atoms with van der Waals surface area (Å²) in [4.78, 5) is 6.04. The summed E-state index contributed by atoms with van der Waals surface area (Å²) in [5, 5.41) is 3.91. The second kappa shape index (κ2) is 4.81. The maximum atomic E-state index is 11.2. The molecular weight excluding hydrogens is 270 g/mol. The molecule has 0 bridgehead atoms. The van der Waals surface area contributed by atoms with E-state index < -0.39 is 10.1 Å². The molecule has 2 N–H and O–H groups in total. The zero-order valence-electron chi connectivity index (χ0n) is 10.4. The molecule has 0 aliphatic heterocycles. The predicted octanol–water partition coefficient (Wildman–Crippen LogP) is 0.529. The van der Waals surface area contributed by atoms with E-state index in [1.807, 2.05) is 0 Å². The van der Waals surface area contributed by atoms with Crippen molar-refractivity contribution in [1.82, 2.24) is 9.94 Å². The Morgan fingerprint density at radius 1 is 1.26 bits per heavy atom. The van der Waals surface area contributed by atoms with Crippen LogP contribution in [0.5, 0.6) is 5.75 Å². The Kier molecular flexibility index (Phi) is 3.34. The number of nitrogens with two attached hydrogens (primary N) is 1. The summed E-state index contributed by atoms with van der Waals surface area (Å²) >= 11 is 0. The molecule has 2 aromatic rings. The van der Waals surface area contributed by atoms with Gasteiger partial charge in [0.15, 0.2) is 11.6 Å². The van der Waals surface area contributed by atoms with Gasteiger partial charge < -0.3 is 14.8 Å². The number of rotatable bonds is 4. The van der Waals surface area contributed by atoms with Crippen molar-refractivity contribution in [1.29, 1.82) is 0 Å². The average molecular weight is 283 g/mol. The molecule has 0 fully saturated rings. The molecule has 2 rings (SSSR count). The van der Waals surface area contributed by atoms with Crippen LogP contribution in [0.2, 0.25) is 0 Å². The molecule has 7 nitrogen and oxygen atoms in total. The molecule has 0 amide bonds. The molecule has 0 aliphatic rings. The number of anilines is 1. The molecular formula is C11H13N3O4S. The Balaban J connectivity index is 2.53. The standard InChI is InChI=1S/C11H13N3O4S/c1-17-14-11(12)9(7-13-14)8-5-3-4-6-10(8)18-19(2,15)16/h3-7H,12H2,1-2H3. The van der Waals surface area contributed by atoms with Gasteiger partial charge in [0.05, 0.1) is 18.0 Å². The van der Waals surface area contributed by atoms with E-state index >= 15 is 0 Å². The molecule has 0 spiro atoms. The molecule has 0 radical (unpaired) electrons. The first-order valence-electron chi connectivity index (χ1n) is 5.29. The van der Waals surface area contributed by atoms with Gasteiger partial charge in [-0.1, -0.05) is 23.0 Å². The quantitative estimate of drug-likeness (QED) is 0.822. The average Bonchev–Trinajstić information content (AvgIpc) is 2.69. The fourth-order valence-corrected chi connectivity index (χ4v) is 2.09. The lowest BCUT2D eigenvalue weighted by molar-refractivity contribution is 0.139. The molecule has 8 heteroatoms. The van der Waals surface area contributed by atoms with E-state index in [2.05, 4.69) is 5.10 Å². The molecule has 19 heavy (non-hydrogen) atoms. The number of nitrogens with zero attached hydrogens (tertiary/aromatic N) is 2. The van der Waals surface area contributed by atoms with E-state index in [1.165, 1.54) is 13.3 Å². The third-order valence-corrected chi connectivity index (χ3v) is 2.85. The minimum absolute atomic E-state index is 0.187. The summed E-state index contributed by atoms with van der Waals surface area (Å²) in [5.41, 5.74) is 6.90. The summed E-state index contributed by atoms with van der Waals surface area (Å²) in [6.45, 7) is 0. The molecule has 102 valence electrons. The number of hydrogen-bond acceptors (Lipinski definition) is 6. The van der Waals surface area contributed by atoms with Crippen molar-refractivity contribution >= 4 is 15.9 Å². The van der Waals surface area contributed by atoms with Gasteiger partial charge >= 0.3 is 10.1 Å².